The van der Waals surface area contributed by atoms with E-state index < -0.39 is 0 Å². The zero-order valence-electron chi connectivity index (χ0n) is 17.5. The molecule has 3 N–H and O–H groups in total. The van der Waals surface area contributed by atoms with Crippen molar-refractivity contribution in [3.63, 3.8) is 0 Å². The van der Waals surface area contributed by atoms with Crippen LogP contribution in [0.1, 0.15) is 37.4 Å². The lowest BCUT2D eigenvalue weighted by Gasteiger charge is -2.11. The van der Waals surface area contributed by atoms with Gasteiger partial charge in [0.15, 0.2) is 5.11 Å². The summed E-state index contributed by atoms with van der Waals surface area (Å²) in [6, 6.07) is 16.4. The summed E-state index contributed by atoms with van der Waals surface area (Å²) >= 11 is 5.47. The lowest BCUT2D eigenvalue weighted by atomic mass is 10.0. The molecule has 2 atom stereocenters. The molecular formula is C24H29N3OS. The highest BCUT2D eigenvalue weighted by Gasteiger charge is 2.58. The van der Waals surface area contributed by atoms with Crippen LogP contribution in [-0.2, 0) is 0 Å². The van der Waals surface area contributed by atoms with Gasteiger partial charge in [-0.15, -0.1) is 0 Å². The van der Waals surface area contributed by atoms with Crippen molar-refractivity contribution in [1.29, 1.82) is 0 Å². The van der Waals surface area contributed by atoms with Gasteiger partial charge in [-0.2, -0.15) is 0 Å². The van der Waals surface area contributed by atoms with Crippen LogP contribution >= 0.6 is 12.2 Å². The first-order valence-corrected chi connectivity index (χ1v) is 10.6. The minimum Gasteiger partial charge on any atom is -0.497 e. The topological polar surface area (TPSA) is 49.1 Å². The van der Waals surface area contributed by atoms with Gasteiger partial charge in [0, 0.05) is 34.9 Å². The van der Waals surface area contributed by atoms with E-state index in [-0.39, 0.29) is 0 Å². The number of rotatable bonds is 6. The van der Waals surface area contributed by atoms with Crippen molar-refractivity contribution in [2.45, 2.75) is 33.1 Å². The van der Waals surface area contributed by atoms with Crippen molar-refractivity contribution in [2.75, 3.05) is 19.0 Å². The van der Waals surface area contributed by atoms with Crippen LogP contribution in [0.25, 0.3) is 10.9 Å². The number of thiocarbonyl (C=S) groups is 1. The molecule has 0 spiro atoms. The number of hydrogen-bond donors (Lipinski definition) is 3. The molecule has 29 heavy (non-hydrogen) atoms. The molecule has 0 unspecified atom stereocenters. The molecule has 1 saturated carbocycles. The monoisotopic (exact) mass is 407 g/mol. The number of benzene rings is 2. The van der Waals surface area contributed by atoms with Crippen molar-refractivity contribution in [3.05, 3.63) is 59.8 Å². The van der Waals surface area contributed by atoms with E-state index in [0.29, 0.717) is 22.4 Å². The number of methoxy groups -OCH3 is 1. The van der Waals surface area contributed by atoms with Crippen LogP contribution in [0.3, 0.4) is 0 Å². The van der Waals surface area contributed by atoms with Crippen LogP contribution < -0.4 is 15.4 Å². The first-order valence-electron chi connectivity index (χ1n) is 10.2. The second-order valence-corrected chi connectivity index (χ2v) is 8.92. The summed E-state index contributed by atoms with van der Waals surface area (Å²) in [6.07, 6.45) is 1.09. The number of hydrogen-bond acceptors (Lipinski definition) is 2. The van der Waals surface area contributed by atoms with E-state index >= 15 is 0 Å². The van der Waals surface area contributed by atoms with Crippen molar-refractivity contribution in [2.24, 2.45) is 11.3 Å². The highest BCUT2D eigenvalue weighted by molar-refractivity contribution is 7.80. The molecule has 0 saturated heterocycles. The fraction of sp³-hybridized carbons (Fsp3) is 0.375. The van der Waals surface area contributed by atoms with Gasteiger partial charge in [-0.3, -0.25) is 0 Å². The zero-order valence-corrected chi connectivity index (χ0v) is 18.3. The molecule has 2 aromatic carbocycles. The average molecular weight is 408 g/mol. The molecule has 4 rings (SSSR count). The number of aromatic nitrogens is 1. The molecule has 5 heteroatoms. The van der Waals surface area contributed by atoms with Gasteiger partial charge in [-0.1, -0.05) is 38.1 Å². The summed E-state index contributed by atoms with van der Waals surface area (Å²) in [4.78, 5) is 3.56. The van der Waals surface area contributed by atoms with Crippen LogP contribution in [0.4, 0.5) is 5.69 Å². The van der Waals surface area contributed by atoms with Crippen molar-refractivity contribution >= 4 is 33.9 Å². The van der Waals surface area contributed by atoms with E-state index in [0.717, 1.165) is 24.4 Å². The van der Waals surface area contributed by atoms with Crippen molar-refractivity contribution in [1.82, 2.24) is 10.3 Å². The Kier molecular flexibility index (Phi) is 5.26. The maximum atomic E-state index is 5.47. The molecular weight excluding hydrogens is 378 g/mol. The minimum atomic E-state index is 0.305. The Morgan fingerprint density at radius 1 is 1.17 bits per heavy atom. The lowest BCUT2D eigenvalue weighted by Crippen LogP contribution is -2.29. The lowest BCUT2D eigenvalue weighted by molar-refractivity contribution is 0.415. The second kappa shape index (κ2) is 7.71. The van der Waals surface area contributed by atoms with Gasteiger partial charge in [-0.25, -0.2) is 0 Å². The van der Waals surface area contributed by atoms with Gasteiger partial charge in [0.1, 0.15) is 5.75 Å². The molecule has 0 aliphatic heterocycles. The largest absolute Gasteiger partial charge is 0.497 e. The normalized spacial score (nSPS) is 19.7. The van der Waals surface area contributed by atoms with Gasteiger partial charge in [0.05, 0.1) is 7.11 Å². The van der Waals surface area contributed by atoms with Crippen LogP contribution in [0, 0.1) is 18.3 Å². The summed E-state index contributed by atoms with van der Waals surface area (Å²) in [5, 5.41) is 8.62. The molecule has 152 valence electrons. The Morgan fingerprint density at radius 3 is 2.76 bits per heavy atom. The van der Waals surface area contributed by atoms with Crippen LogP contribution in [-0.4, -0.2) is 23.8 Å². The summed E-state index contributed by atoms with van der Waals surface area (Å²) in [5.74, 6) is 2.04. The summed E-state index contributed by atoms with van der Waals surface area (Å²) in [7, 11) is 1.67. The average Bonchev–Trinajstić information content (AvgIpc) is 3.06. The smallest absolute Gasteiger partial charge is 0.170 e. The van der Waals surface area contributed by atoms with Crippen LogP contribution in [0.5, 0.6) is 5.75 Å². The fourth-order valence-electron chi connectivity index (χ4n) is 4.77. The zero-order chi connectivity index (χ0) is 20.6. The summed E-state index contributed by atoms with van der Waals surface area (Å²) < 4.78 is 5.26. The molecule has 1 aromatic heterocycles. The third-order valence-electron chi connectivity index (χ3n) is 6.37. The molecule has 1 aliphatic carbocycles. The van der Waals surface area contributed by atoms with Gasteiger partial charge in [-0.05, 0) is 66.6 Å². The molecule has 0 radical (unpaired) electrons. The molecule has 0 amide bonds. The van der Waals surface area contributed by atoms with Crippen LogP contribution in [0.15, 0.2) is 48.5 Å². The third kappa shape index (κ3) is 3.84. The van der Waals surface area contributed by atoms with Crippen LogP contribution in [0.2, 0.25) is 0 Å². The van der Waals surface area contributed by atoms with E-state index in [1.54, 1.807) is 7.11 Å². The molecule has 3 aromatic rings. The first kappa shape index (κ1) is 19.8. The van der Waals surface area contributed by atoms with E-state index in [2.05, 4.69) is 60.7 Å². The predicted octanol–water partition coefficient (Wildman–Crippen LogP) is 5.60. The van der Waals surface area contributed by atoms with Crippen molar-refractivity contribution < 1.29 is 4.74 Å². The van der Waals surface area contributed by atoms with Crippen molar-refractivity contribution in [3.8, 4) is 5.75 Å². The Labute approximate surface area is 178 Å². The van der Waals surface area contributed by atoms with E-state index in [1.165, 1.54) is 22.2 Å². The standard InChI is InChI=1S/C24H29N3OS/c1-15-21(18-10-5-6-11-20(18)26-15)22-19(24(22,2)3)12-13-25-23(29)27-16-8-7-9-17(14-16)28-4/h5-11,14,19,22,26H,12-13H2,1-4H3,(H2,25,27,29)/t19-,22+/m0/s1. The molecule has 4 nitrogen and oxygen atoms in total. The Balaban J connectivity index is 1.36. The highest BCUT2D eigenvalue weighted by Crippen LogP contribution is 2.67. The SMILES string of the molecule is COc1cccc(NC(=S)NCC[C@H]2[C@H](c3c(C)[nH]c4ccccc34)C2(C)C)c1. The number of para-hydroxylation sites is 1. The van der Waals surface area contributed by atoms with E-state index in [9.17, 15) is 0 Å². The fourth-order valence-corrected chi connectivity index (χ4v) is 4.99. The van der Waals surface area contributed by atoms with Gasteiger partial charge < -0.3 is 20.4 Å². The van der Waals surface area contributed by atoms with Gasteiger partial charge in [0.25, 0.3) is 0 Å². The Bertz CT molecular complexity index is 1040. The van der Waals surface area contributed by atoms with E-state index in [4.69, 9.17) is 17.0 Å². The maximum Gasteiger partial charge on any atom is 0.170 e. The summed E-state index contributed by atoms with van der Waals surface area (Å²) in [5.41, 5.74) is 5.27. The Morgan fingerprint density at radius 2 is 1.97 bits per heavy atom. The second-order valence-electron chi connectivity index (χ2n) is 8.52. The molecule has 1 heterocycles. The van der Waals surface area contributed by atoms with E-state index in [1.807, 2.05) is 24.3 Å². The molecule has 1 fully saturated rings. The number of aromatic amines is 1. The van der Waals surface area contributed by atoms with Gasteiger partial charge in [0.2, 0.25) is 0 Å². The number of fused-ring (bicyclic) bond motifs is 1. The third-order valence-corrected chi connectivity index (χ3v) is 6.62. The predicted molar refractivity (Wildman–Crippen MR) is 125 cm³/mol. The number of H-pyrrole nitrogens is 1. The Hall–Kier alpha value is -2.53. The maximum absolute atomic E-state index is 5.47. The molecule has 1 aliphatic rings. The number of aryl methyl sites for hydroxylation is 1. The summed E-state index contributed by atoms with van der Waals surface area (Å²) in [6.45, 7) is 7.83. The number of ether oxygens (including phenoxy) is 1. The number of anilines is 1. The first-order chi connectivity index (χ1) is 13.9. The minimum absolute atomic E-state index is 0.305. The van der Waals surface area contributed by atoms with Gasteiger partial charge >= 0.3 is 0 Å². The number of nitrogens with one attached hydrogen (secondary N) is 3. The molecule has 0 bridgehead atoms. The highest BCUT2D eigenvalue weighted by atomic mass is 32.1. The quantitative estimate of drug-likeness (QED) is 0.466.